The van der Waals surface area contributed by atoms with Gasteiger partial charge >= 0.3 is 0 Å². The van der Waals surface area contributed by atoms with Crippen LogP contribution in [-0.4, -0.2) is 49.0 Å². The fourth-order valence-corrected chi connectivity index (χ4v) is 5.15. The van der Waals surface area contributed by atoms with E-state index in [0.717, 1.165) is 31.4 Å². The highest BCUT2D eigenvalue weighted by atomic mass is 16.5. The molecular formula is C22H30N4O3. The summed E-state index contributed by atoms with van der Waals surface area (Å²) in [5, 5.41) is 15.4. The van der Waals surface area contributed by atoms with E-state index in [-0.39, 0.29) is 11.5 Å². The number of carbonyl (C=O) groups excluding carboxylic acids is 1. The van der Waals surface area contributed by atoms with Gasteiger partial charge in [-0.15, -0.1) is 0 Å². The van der Waals surface area contributed by atoms with Crippen molar-refractivity contribution in [1.82, 2.24) is 19.2 Å². The molecule has 1 aliphatic carbocycles. The molecule has 29 heavy (non-hydrogen) atoms. The Morgan fingerprint density at radius 2 is 1.93 bits per heavy atom. The highest BCUT2D eigenvalue weighted by molar-refractivity contribution is 5.76. The van der Waals surface area contributed by atoms with Gasteiger partial charge in [-0.25, -0.2) is 0 Å². The first-order valence-corrected chi connectivity index (χ1v) is 11.0. The first-order chi connectivity index (χ1) is 14.1. The zero-order chi connectivity index (χ0) is 19.8. The van der Waals surface area contributed by atoms with Crippen LogP contribution in [0.25, 0.3) is 0 Å². The van der Waals surface area contributed by atoms with Gasteiger partial charge in [-0.05, 0) is 25.0 Å². The average molecular weight is 399 g/mol. The number of hydrogen-bond donors (Lipinski definition) is 1. The Morgan fingerprint density at radius 1 is 1.21 bits per heavy atom. The molecule has 1 saturated carbocycles. The number of fused-ring (bicyclic) bond motifs is 1. The lowest BCUT2D eigenvalue weighted by Crippen LogP contribution is -2.51. The van der Waals surface area contributed by atoms with Crippen LogP contribution in [0.3, 0.4) is 0 Å². The number of aliphatic hydroxyl groups excluding tert-OH is 1. The summed E-state index contributed by atoms with van der Waals surface area (Å²) in [6, 6.07) is 4.39. The van der Waals surface area contributed by atoms with Crippen LogP contribution in [0, 0.1) is 0 Å². The van der Waals surface area contributed by atoms with Crippen molar-refractivity contribution in [3.8, 4) is 5.75 Å². The number of aliphatic hydroxyl groups is 1. The van der Waals surface area contributed by atoms with Crippen molar-refractivity contribution in [2.45, 2.75) is 75.7 Å². The van der Waals surface area contributed by atoms with Gasteiger partial charge in [0.25, 0.3) is 0 Å². The van der Waals surface area contributed by atoms with E-state index in [9.17, 15) is 9.90 Å². The fourth-order valence-electron chi connectivity index (χ4n) is 5.15. The maximum Gasteiger partial charge on any atom is 0.224 e. The molecule has 0 aromatic carbocycles. The molecule has 2 aromatic heterocycles. The smallest absolute Gasteiger partial charge is 0.224 e. The summed E-state index contributed by atoms with van der Waals surface area (Å²) in [6.45, 7) is 2.08. The van der Waals surface area contributed by atoms with Crippen LogP contribution in [0.1, 0.15) is 69.2 Å². The van der Waals surface area contributed by atoms with E-state index in [1.54, 1.807) is 0 Å². The minimum Gasteiger partial charge on any atom is -0.483 e. The lowest BCUT2D eigenvalue weighted by atomic mass is 9.83. The molecule has 2 aromatic rings. The number of likely N-dealkylation sites (tertiary alicyclic amines) is 1. The van der Waals surface area contributed by atoms with Crippen LogP contribution in [0.4, 0.5) is 0 Å². The Hall–Kier alpha value is -2.28. The number of ether oxygens (including phenoxy) is 1. The SMILES string of the molecule is O=C(CCn1cccc1)N1CCC2(CC1)CC(O)c1nn(C3CCCC3)cc1O2. The monoisotopic (exact) mass is 398 g/mol. The Morgan fingerprint density at radius 3 is 2.66 bits per heavy atom. The largest absolute Gasteiger partial charge is 0.483 e. The molecule has 1 unspecified atom stereocenters. The van der Waals surface area contributed by atoms with Gasteiger partial charge in [-0.1, -0.05) is 12.8 Å². The molecule has 4 heterocycles. The van der Waals surface area contributed by atoms with Gasteiger partial charge in [0.15, 0.2) is 5.75 Å². The first kappa shape index (κ1) is 18.7. The van der Waals surface area contributed by atoms with Gasteiger partial charge < -0.3 is 19.3 Å². The van der Waals surface area contributed by atoms with Gasteiger partial charge in [-0.3, -0.25) is 9.48 Å². The summed E-state index contributed by atoms with van der Waals surface area (Å²) in [6.07, 6.45) is 12.8. The predicted octanol–water partition coefficient (Wildman–Crippen LogP) is 3.07. The standard InChI is InChI=1S/C22H30N4O3/c27-18-15-22(29-19-16-26(23-21(18)19)17-5-1-2-6-17)8-13-25(14-9-22)20(28)7-12-24-10-3-4-11-24/h3-4,10-11,16-18,27H,1-2,5-9,12-15H2. The van der Waals surface area contributed by atoms with Gasteiger partial charge in [0.1, 0.15) is 17.4 Å². The maximum atomic E-state index is 12.6. The second kappa shape index (κ2) is 7.52. The lowest BCUT2D eigenvalue weighted by Gasteiger charge is -2.44. The van der Waals surface area contributed by atoms with E-state index in [1.807, 2.05) is 44.9 Å². The van der Waals surface area contributed by atoms with Crippen LogP contribution in [-0.2, 0) is 11.3 Å². The van der Waals surface area contributed by atoms with Crippen LogP contribution in [0.5, 0.6) is 5.75 Å². The summed E-state index contributed by atoms with van der Waals surface area (Å²) in [5.74, 6) is 0.933. The van der Waals surface area contributed by atoms with E-state index in [0.29, 0.717) is 44.2 Å². The number of carbonyl (C=O) groups is 1. The third kappa shape index (κ3) is 3.68. The van der Waals surface area contributed by atoms with E-state index in [1.165, 1.54) is 12.8 Å². The fraction of sp³-hybridized carbons (Fsp3) is 0.636. The summed E-state index contributed by atoms with van der Waals surface area (Å²) in [5.41, 5.74) is 0.306. The second-order valence-corrected chi connectivity index (χ2v) is 8.85. The molecular weight excluding hydrogens is 368 g/mol. The Labute approximate surface area is 171 Å². The minimum atomic E-state index is -0.586. The average Bonchev–Trinajstić information content (AvgIpc) is 3.47. The number of piperidine rings is 1. The van der Waals surface area contributed by atoms with Crippen molar-refractivity contribution in [1.29, 1.82) is 0 Å². The number of hydrogen-bond acceptors (Lipinski definition) is 4. The Kier molecular flexibility index (Phi) is 4.86. The molecule has 2 aliphatic heterocycles. The normalized spacial score (nSPS) is 23.9. The number of aromatic nitrogens is 3. The molecule has 1 atom stereocenters. The zero-order valence-electron chi connectivity index (χ0n) is 16.9. The van der Waals surface area contributed by atoms with Gasteiger partial charge in [0.05, 0.1) is 12.2 Å². The predicted molar refractivity (Wildman–Crippen MR) is 108 cm³/mol. The summed E-state index contributed by atoms with van der Waals surface area (Å²) >= 11 is 0. The highest BCUT2D eigenvalue weighted by Crippen LogP contribution is 2.44. The summed E-state index contributed by atoms with van der Waals surface area (Å²) in [4.78, 5) is 14.5. The molecule has 1 saturated heterocycles. The molecule has 1 amide bonds. The Bertz CT molecular complexity index is 846. The van der Waals surface area contributed by atoms with Gasteiger partial charge in [0, 0.05) is 57.7 Å². The quantitative estimate of drug-likeness (QED) is 0.859. The number of nitrogens with zero attached hydrogens (tertiary/aromatic N) is 4. The van der Waals surface area contributed by atoms with E-state index < -0.39 is 6.10 Å². The topological polar surface area (TPSA) is 72.5 Å². The molecule has 7 heteroatoms. The van der Waals surface area contributed by atoms with Crippen molar-refractivity contribution in [2.75, 3.05) is 13.1 Å². The number of rotatable bonds is 4. The second-order valence-electron chi connectivity index (χ2n) is 8.85. The first-order valence-electron chi connectivity index (χ1n) is 11.0. The Balaban J connectivity index is 1.21. The molecule has 2 fully saturated rings. The van der Waals surface area contributed by atoms with Crippen LogP contribution in [0.2, 0.25) is 0 Å². The maximum absolute atomic E-state index is 12.6. The van der Waals surface area contributed by atoms with Crippen molar-refractivity contribution in [3.05, 3.63) is 36.4 Å². The van der Waals surface area contributed by atoms with Crippen molar-refractivity contribution in [2.24, 2.45) is 0 Å². The van der Waals surface area contributed by atoms with Gasteiger partial charge in [-0.2, -0.15) is 5.10 Å². The zero-order valence-corrected chi connectivity index (χ0v) is 16.9. The molecule has 0 bridgehead atoms. The molecule has 0 radical (unpaired) electrons. The third-order valence-electron chi connectivity index (χ3n) is 6.91. The molecule has 7 nitrogen and oxygen atoms in total. The number of amides is 1. The number of aryl methyl sites for hydroxylation is 1. The van der Waals surface area contributed by atoms with Crippen LogP contribution >= 0.6 is 0 Å². The van der Waals surface area contributed by atoms with Crippen molar-refractivity contribution < 1.29 is 14.6 Å². The van der Waals surface area contributed by atoms with E-state index >= 15 is 0 Å². The van der Waals surface area contributed by atoms with Crippen LogP contribution < -0.4 is 4.74 Å². The van der Waals surface area contributed by atoms with Crippen LogP contribution in [0.15, 0.2) is 30.7 Å². The molecule has 1 spiro atoms. The van der Waals surface area contributed by atoms with E-state index in [4.69, 9.17) is 4.74 Å². The van der Waals surface area contributed by atoms with E-state index in [2.05, 4.69) is 5.10 Å². The molecule has 5 rings (SSSR count). The van der Waals surface area contributed by atoms with Crippen molar-refractivity contribution in [3.63, 3.8) is 0 Å². The summed E-state index contributed by atoms with van der Waals surface area (Å²) < 4.78 is 10.5. The molecule has 3 aliphatic rings. The minimum absolute atomic E-state index is 0.194. The molecule has 1 N–H and O–H groups in total. The third-order valence-corrected chi connectivity index (χ3v) is 6.91. The lowest BCUT2D eigenvalue weighted by molar-refractivity contribution is -0.136. The van der Waals surface area contributed by atoms with Crippen molar-refractivity contribution >= 4 is 5.91 Å². The summed E-state index contributed by atoms with van der Waals surface area (Å²) in [7, 11) is 0. The van der Waals surface area contributed by atoms with Gasteiger partial charge in [0.2, 0.25) is 5.91 Å². The highest BCUT2D eigenvalue weighted by Gasteiger charge is 2.45. The molecule has 156 valence electrons.